The number of rotatable bonds is 4. The molecule has 5 heteroatoms. The first-order valence-corrected chi connectivity index (χ1v) is 5.95. The van der Waals surface area contributed by atoms with Crippen molar-refractivity contribution in [2.24, 2.45) is 5.73 Å². The van der Waals surface area contributed by atoms with Crippen LogP contribution in [-0.4, -0.2) is 36.2 Å². The summed E-state index contributed by atoms with van der Waals surface area (Å²) < 4.78 is 35.9. The van der Waals surface area contributed by atoms with Gasteiger partial charge >= 0.3 is 6.18 Å². The highest BCUT2D eigenvalue weighted by Gasteiger charge is 2.27. The molecule has 2 N–H and O–H groups in total. The van der Waals surface area contributed by atoms with Gasteiger partial charge in [-0.1, -0.05) is 0 Å². The molecule has 0 aromatic rings. The molecule has 0 spiro atoms. The zero-order valence-electron chi connectivity index (χ0n) is 9.76. The summed E-state index contributed by atoms with van der Waals surface area (Å²) in [5.74, 6) is 0. The summed E-state index contributed by atoms with van der Waals surface area (Å²) in [6.45, 7) is 3.86. The van der Waals surface area contributed by atoms with E-state index in [9.17, 15) is 13.2 Å². The molecule has 0 amide bonds. The smallest absolute Gasteiger partial charge is 0.328 e. The Kier molecular flexibility index (Phi) is 5.05. The molecule has 1 unspecified atom stereocenters. The summed E-state index contributed by atoms with van der Waals surface area (Å²) in [6, 6.07) is 0.522. The van der Waals surface area contributed by atoms with E-state index >= 15 is 0 Å². The maximum atomic E-state index is 12.0. The van der Waals surface area contributed by atoms with E-state index < -0.39 is 12.6 Å². The number of alkyl halides is 3. The minimum atomic E-state index is -4.01. The number of likely N-dealkylation sites (tertiary alicyclic amines) is 1. The number of halogens is 3. The van der Waals surface area contributed by atoms with Gasteiger partial charge in [-0.15, -0.1) is 0 Å². The molecule has 1 aliphatic heterocycles. The predicted octanol–water partition coefficient (Wildman–Crippen LogP) is 2.53. The number of hydrogen-bond acceptors (Lipinski definition) is 2. The molecule has 96 valence electrons. The molecule has 1 atom stereocenters. The molecule has 0 aliphatic carbocycles. The molecule has 0 saturated carbocycles. The zero-order valence-corrected chi connectivity index (χ0v) is 9.76. The van der Waals surface area contributed by atoms with Crippen molar-refractivity contribution >= 4 is 0 Å². The van der Waals surface area contributed by atoms with Crippen molar-refractivity contribution in [2.45, 2.75) is 57.3 Å². The van der Waals surface area contributed by atoms with E-state index in [1.807, 2.05) is 6.92 Å². The van der Waals surface area contributed by atoms with Gasteiger partial charge in [0.1, 0.15) is 0 Å². The second kappa shape index (κ2) is 5.87. The first-order valence-electron chi connectivity index (χ1n) is 5.95. The van der Waals surface area contributed by atoms with Gasteiger partial charge in [0.2, 0.25) is 0 Å². The predicted molar refractivity (Wildman–Crippen MR) is 58.2 cm³/mol. The van der Waals surface area contributed by atoms with Crippen LogP contribution in [-0.2, 0) is 0 Å². The maximum absolute atomic E-state index is 12.0. The minimum absolute atomic E-state index is 0.229. The van der Waals surface area contributed by atoms with Gasteiger partial charge in [-0.2, -0.15) is 13.2 Å². The fraction of sp³-hybridized carbons (Fsp3) is 1.00. The number of nitrogens with zero attached hydrogens (tertiary/aromatic N) is 1. The van der Waals surface area contributed by atoms with Gasteiger partial charge in [0.05, 0.1) is 0 Å². The van der Waals surface area contributed by atoms with Crippen LogP contribution in [0.1, 0.15) is 39.0 Å². The Labute approximate surface area is 95.0 Å². The van der Waals surface area contributed by atoms with Gasteiger partial charge in [-0.3, -0.25) is 0 Å². The van der Waals surface area contributed by atoms with E-state index in [1.54, 1.807) is 0 Å². The number of piperidine rings is 1. The van der Waals surface area contributed by atoms with E-state index in [4.69, 9.17) is 5.73 Å². The van der Waals surface area contributed by atoms with Crippen LogP contribution >= 0.6 is 0 Å². The molecule has 1 aliphatic rings. The lowest BCUT2D eigenvalue weighted by atomic mass is 10.0. The second-order valence-electron chi connectivity index (χ2n) is 4.73. The molecule has 0 aromatic carbocycles. The normalized spacial score (nSPS) is 22.3. The number of nitrogens with two attached hydrogens (primary N) is 1. The van der Waals surface area contributed by atoms with Crippen LogP contribution in [0.25, 0.3) is 0 Å². The third-order valence-electron chi connectivity index (χ3n) is 3.28. The summed E-state index contributed by atoms with van der Waals surface area (Å²) in [5.41, 5.74) is 5.78. The Balaban J connectivity index is 2.17. The average molecular weight is 238 g/mol. The van der Waals surface area contributed by atoms with Gasteiger partial charge in [0.25, 0.3) is 0 Å². The molecule has 1 fully saturated rings. The van der Waals surface area contributed by atoms with Crippen molar-refractivity contribution in [2.75, 3.05) is 13.1 Å². The molecular formula is C11H21F3N2. The van der Waals surface area contributed by atoms with E-state index in [-0.39, 0.29) is 18.5 Å². The minimum Gasteiger partial charge on any atom is -0.328 e. The quantitative estimate of drug-likeness (QED) is 0.815. The van der Waals surface area contributed by atoms with Gasteiger partial charge in [0, 0.05) is 18.5 Å². The molecule has 1 heterocycles. The zero-order chi connectivity index (χ0) is 12.2. The molecule has 1 rings (SSSR count). The van der Waals surface area contributed by atoms with Crippen molar-refractivity contribution in [3.05, 3.63) is 0 Å². The van der Waals surface area contributed by atoms with Crippen LogP contribution in [0.4, 0.5) is 13.2 Å². The van der Waals surface area contributed by atoms with E-state index in [0.717, 1.165) is 25.9 Å². The molecule has 16 heavy (non-hydrogen) atoms. The standard InChI is InChI=1S/C11H21F3N2/c1-9(3-2-6-11(12,13)14)16-7-4-10(15)5-8-16/h9-10H,2-8,15H2,1H3. The summed E-state index contributed by atoms with van der Waals surface area (Å²) in [4.78, 5) is 2.25. The largest absolute Gasteiger partial charge is 0.389 e. The van der Waals surface area contributed by atoms with Crippen molar-refractivity contribution < 1.29 is 13.2 Å². The van der Waals surface area contributed by atoms with E-state index in [0.29, 0.717) is 6.42 Å². The van der Waals surface area contributed by atoms with Crippen LogP contribution in [0.5, 0.6) is 0 Å². The Bertz CT molecular complexity index is 198. The van der Waals surface area contributed by atoms with Crippen molar-refractivity contribution in [3.63, 3.8) is 0 Å². The lowest BCUT2D eigenvalue weighted by molar-refractivity contribution is -0.136. The Morgan fingerprint density at radius 1 is 1.31 bits per heavy atom. The van der Waals surface area contributed by atoms with Crippen LogP contribution < -0.4 is 5.73 Å². The highest BCUT2D eigenvalue weighted by molar-refractivity contribution is 4.77. The van der Waals surface area contributed by atoms with E-state index in [2.05, 4.69) is 4.90 Å². The van der Waals surface area contributed by atoms with E-state index in [1.165, 1.54) is 0 Å². The molecule has 0 radical (unpaired) electrons. The Morgan fingerprint density at radius 2 is 1.88 bits per heavy atom. The van der Waals surface area contributed by atoms with Crippen LogP contribution in [0.2, 0.25) is 0 Å². The summed E-state index contributed by atoms with van der Waals surface area (Å²) in [5, 5.41) is 0. The molecule has 2 nitrogen and oxygen atoms in total. The molecular weight excluding hydrogens is 217 g/mol. The first-order chi connectivity index (χ1) is 7.38. The fourth-order valence-corrected chi connectivity index (χ4v) is 2.14. The van der Waals surface area contributed by atoms with Gasteiger partial charge in [-0.25, -0.2) is 0 Å². The van der Waals surface area contributed by atoms with Crippen LogP contribution in [0, 0.1) is 0 Å². The molecule has 0 bridgehead atoms. The van der Waals surface area contributed by atoms with Crippen molar-refractivity contribution in [1.29, 1.82) is 0 Å². The highest BCUT2D eigenvalue weighted by atomic mass is 19.4. The molecule has 0 aromatic heterocycles. The van der Waals surface area contributed by atoms with Gasteiger partial charge in [-0.05, 0) is 45.7 Å². The topological polar surface area (TPSA) is 29.3 Å². The monoisotopic (exact) mass is 238 g/mol. The van der Waals surface area contributed by atoms with Crippen LogP contribution in [0.15, 0.2) is 0 Å². The first kappa shape index (κ1) is 13.8. The average Bonchev–Trinajstić information content (AvgIpc) is 2.16. The SMILES string of the molecule is CC(CCCC(F)(F)F)N1CCC(N)CC1. The summed E-state index contributed by atoms with van der Waals surface area (Å²) in [6.07, 6.45) is -1.90. The fourth-order valence-electron chi connectivity index (χ4n) is 2.14. The Morgan fingerprint density at radius 3 is 2.38 bits per heavy atom. The number of hydrogen-bond donors (Lipinski definition) is 1. The van der Waals surface area contributed by atoms with Crippen LogP contribution in [0.3, 0.4) is 0 Å². The summed E-state index contributed by atoms with van der Waals surface area (Å²) in [7, 11) is 0. The second-order valence-corrected chi connectivity index (χ2v) is 4.73. The lowest BCUT2D eigenvalue weighted by Gasteiger charge is -2.34. The third kappa shape index (κ3) is 5.16. The highest BCUT2D eigenvalue weighted by Crippen LogP contribution is 2.24. The lowest BCUT2D eigenvalue weighted by Crippen LogP contribution is -2.44. The third-order valence-corrected chi connectivity index (χ3v) is 3.28. The Hall–Kier alpha value is -0.290. The van der Waals surface area contributed by atoms with Crippen molar-refractivity contribution in [3.8, 4) is 0 Å². The van der Waals surface area contributed by atoms with Gasteiger partial charge < -0.3 is 10.6 Å². The maximum Gasteiger partial charge on any atom is 0.389 e. The summed E-state index contributed by atoms with van der Waals surface area (Å²) >= 11 is 0. The van der Waals surface area contributed by atoms with Crippen molar-refractivity contribution in [1.82, 2.24) is 4.90 Å². The molecule has 1 saturated heterocycles. The van der Waals surface area contributed by atoms with Gasteiger partial charge in [0.15, 0.2) is 0 Å².